The van der Waals surface area contributed by atoms with Crippen molar-refractivity contribution in [2.24, 2.45) is 0 Å². The van der Waals surface area contributed by atoms with Gasteiger partial charge in [-0.2, -0.15) is 5.10 Å². The zero-order valence-corrected chi connectivity index (χ0v) is 13.6. The molecule has 0 fully saturated rings. The first kappa shape index (κ1) is 15.5. The van der Waals surface area contributed by atoms with E-state index >= 15 is 0 Å². The average molecular weight is 350 g/mol. The van der Waals surface area contributed by atoms with Gasteiger partial charge in [-0.25, -0.2) is 8.42 Å². The van der Waals surface area contributed by atoms with Crippen LogP contribution in [0.15, 0.2) is 47.5 Å². The molecule has 0 saturated heterocycles. The second-order valence-electron chi connectivity index (χ2n) is 5.04. The van der Waals surface area contributed by atoms with Gasteiger partial charge in [0.2, 0.25) is 0 Å². The van der Waals surface area contributed by atoms with Gasteiger partial charge in [0.05, 0.1) is 21.6 Å². The number of anilines is 1. The molecule has 0 aliphatic heterocycles. The maximum absolute atomic E-state index is 12.3. The van der Waals surface area contributed by atoms with Crippen LogP contribution >= 0.6 is 11.6 Å². The number of aromatic nitrogens is 2. The number of benzene rings is 2. The molecule has 23 heavy (non-hydrogen) atoms. The number of halogens is 1. The van der Waals surface area contributed by atoms with E-state index in [2.05, 4.69) is 15.5 Å². The molecule has 1 amide bonds. The van der Waals surface area contributed by atoms with Crippen LogP contribution in [-0.2, 0) is 9.84 Å². The number of hydrogen-bond donors (Lipinski definition) is 2. The molecule has 0 aliphatic carbocycles. The number of carbonyl (C=O) groups is 1. The molecule has 2 aromatic carbocycles. The van der Waals surface area contributed by atoms with Crippen LogP contribution in [-0.4, -0.2) is 30.8 Å². The van der Waals surface area contributed by atoms with E-state index in [-0.39, 0.29) is 15.5 Å². The number of aromatic amines is 1. The maximum Gasteiger partial charge on any atom is 0.255 e. The number of sulfone groups is 1. The maximum atomic E-state index is 12.3. The summed E-state index contributed by atoms with van der Waals surface area (Å²) < 4.78 is 23.4. The van der Waals surface area contributed by atoms with Crippen molar-refractivity contribution in [3.05, 3.63) is 53.2 Å². The van der Waals surface area contributed by atoms with Gasteiger partial charge in [-0.05, 0) is 36.4 Å². The predicted molar refractivity (Wildman–Crippen MR) is 88.6 cm³/mol. The number of fused-ring (bicyclic) bond motifs is 1. The molecule has 1 heterocycles. The quantitative estimate of drug-likeness (QED) is 0.760. The number of carbonyl (C=O) groups excluding carboxylic acids is 1. The highest BCUT2D eigenvalue weighted by Crippen LogP contribution is 2.23. The lowest BCUT2D eigenvalue weighted by molar-refractivity contribution is 0.102. The van der Waals surface area contributed by atoms with E-state index in [1.54, 1.807) is 24.4 Å². The van der Waals surface area contributed by atoms with Gasteiger partial charge >= 0.3 is 0 Å². The summed E-state index contributed by atoms with van der Waals surface area (Å²) in [5, 5.41) is 10.4. The Morgan fingerprint density at radius 2 is 2.00 bits per heavy atom. The number of nitrogens with one attached hydrogen (secondary N) is 2. The summed E-state index contributed by atoms with van der Waals surface area (Å²) in [6.45, 7) is 0. The van der Waals surface area contributed by atoms with Gasteiger partial charge in [-0.3, -0.25) is 9.89 Å². The molecule has 0 radical (unpaired) electrons. The smallest absolute Gasteiger partial charge is 0.255 e. The molecule has 0 atom stereocenters. The van der Waals surface area contributed by atoms with E-state index in [1.165, 1.54) is 18.2 Å². The van der Waals surface area contributed by atoms with Crippen LogP contribution in [0.1, 0.15) is 10.4 Å². The molecule has 0 spiro atoms. The lowest BCUT2D eigenvalue weighted by Gasteiger charge is -2.08. The molecular weight excluding hydrogens is 338 g/mol. The fourth-order valence-corrected chi connectivity index (χ4v) is 3.45. The average Bonchev–Trinajstić information content (AvgIpc) is 2.94. The molecule has 8 heteroatoms. The number of amides is 1. The van der Waals surface area contributed by atoms with Crippen molar-refractivity contribution in [1.29, 1.82) is 0 Å². The van der Waals surface area contributed by atoms with Crippen molar-refractivity contribution in [3.63, 3.8) is 0 Å². The van der Waals surface area contributed by atoms with Crippen LogP contribution < -0.4 is 5.32 Å². The number of rotatable bonds is 3. The lowest BCUT2D eigenvalue weighted by Crippen LogP contribution is -2.12. The second kappa shape index (κ2) is 5.68. The van der Waals surface area contributed by atoms with Crippen molar-refractivity contribution in [2.75, 3.05) is 11.6 Å². The highest BCUT2D eigenvalue weighted by molar-refractivity contribution is 7.90. The van der Waals surface area contributed by atoms with E-state index in [1.807, 2.05) is 0 Å². The van der Waals surface area contributed by atoms with Crippen molar-refractivity contribution in [1.82, 2.24) is 10.2 Å². The third-order valence-electron chi connectivity index (χ3n) is 3.29. The first-order chi connectivity index (χ1) is 10.8. The molecule has 0 aliphatic rings. The van der Waals surface area contributed by atoms with Gasteiger partial charge in [-0.15, -0.1) is 0 Å². The van der Waals surface area contributed by atoms with Crippen LogP contribution in [0.5, 0.6) is 0 Å². The van der Waals surface area contributed by atoms with Crippen molar-refractivity contribution < 1.29 is 13.2 Å². The monoisotopic (exact) mass is 349 g/mol. The SMILES string of the molecule is CS(=O)(=O)c1cc(C(=O)Nc2ccc3[nH]ncc3c2)ccc1Cl. The van der Waals surface area contributed by atoms with E-state index in [0.29, 0.717) is 5.69 Å². The van der Waals surface area contributed by atoms with Gasteiger partial charge in [0.1, 0.15) is 0 Å². The molecule has 2 N–H and O–H groups in total. The fraction of sp³-hybridized carbons (Fsp3) is 0.0667. The molecule has 3 rings (SSSR count). The Morgan fingerprint density at radius 3 is 2.74 bits per heavy atom. The molecule has 0 bridgehead atoms. The Kier molecular flexibility index (Phi) is 3.83. The minimum atomic E-state index is -3.51. The standard InChI is InChI=1S/C15H12ClN3O3S/c1-23(21,22)14-7-9(2-4-12(14)16)15(20)18-11-3-5-13-10(6-11)8-17-19-13/h2-8H,1H3,(H,17,19)(H,18,20). The number of hydrogen-bond acceptors (Lipinski definition) is 4. The van der Waals surface area contributed by atoms with Gasteiger partial charge in [0, 0.05) is 22.9 Å². The first-order valence-electron chi connectivity index (χ1n) is 6.59. The molecule has 1 aromatic heterocycles. The van der Waals surface area contributed by atoms with E-state index in [0.717, 1.165) is 17.2 Å². The Hall–Kier alpha value is -2.38. The summed E-state index contributed by atoms with van der Waals surface area (Å²) in [7, 11) is -3.51. The zero-order chi connectivity index (χ0) is 16.6. The molecule has 0 unspecified atom stereocenters. The second-order valence-corrected chi connectivity index (χ2v) is 7.43. The van der Waals surface area contributed by atoms with E-state index in [9.17, 15) is 13.2 Å². The van der Waals surface area contributed by atoms with Crippen LogP contribution in [0.4, 0.5) is 5.69 Å². The third kappa shape index (κ3) is 3.20. The number of H-pyrrole nitrogens is 1. The summed E-state index contributed by atoms with van der Waals surface area (Å²) in [5.74, 6) is -0.422. The zero-order valence-electron chi connectivity index (χ0n) is 12.0. The van der Waals surface area contributed by atoms with Gasteiger partial charge in [-0.1, -0.05) is 11.6 Å². The Labute approximate surface area is 137 Å². The minimum absolute atomic E-state index is 0.0721. The Bertz CT molecular complexity index is 1010. The Balaban J connectivity index is 1.91. The minimum Gasteiger partial charge on any atom is -0.322 e. The van der Waals surface area contributed by atoms with Crippen LogP contribution in [0.25, 0.3) is 10.9 Å². The topological polar surface area (TPSA) is 91.9 Å². The van der Waals surface area contributed by atoms with E-state index in [4.69, 9.17) is 11.6 Å². The van der Waals surface area contributed by atoms with E-state index < -0.39 is 15.7 Å². The van der Waals surface area contributed by atoms with Crippen LogP contribution in [0.2, 0.25) is 5.02 Å². The van der Waals surface area contributed by atoms with Crippen molar-refractivity contribution >= 4 is 43.9 Å². The van der Waals surface area contributed by atoms with Crippen LogP contribution in [0, 0.1) is 0 Å². The molecule has 3 aromatic rings. The van der Waals surface area contributed by atoms with Crippen molar-refractivity contribution in [3.8, 4) is 0 Å². The van der Waals surface area contributed by atoms with Crippen LogP contribution in [0.3, 0.4) is 0 Å². The van der Waals surface area contributed by atoms with Crippen molar-refractivity contribution in [2.45, 2.75) is 4.90 Å². The third-order valence-corrected chi connectivity index (χ3v) is 4.87. The highest BCUT2D eigenvalue weighted by atomic mass is 35.5. The summed E-state index contributed by atoms with van der Waals surface area (Å²) in [6.07, 6.45) is 2.69. The number of nitrogens with zero attached hydrogens (tertiary/aromatic N) is 1. The molecule has 118 valence electrons. The summed E-state index contributed by atoms with van der Waals surface area (Å²) >= 11 is 5.88. The highest BCUT2D eigenvalue weighted by Gasteiger charge is 2.16. The molecule has 6 nitrogen and oxygen atoms in total. The van der Waals surface area contributed by atoms with Gasteiger partial charge < -0.3 is 5.32 Å². The van der Waals surface area contributed by atoms with Gasteiger partial charge in [0.25, 0.3) is 5.91 Å². The van der Waals surface area contributed by atoms with Gasteiger partial charge in [0.15, 0.2) is 9.84 Å². The normalized spacial score (nSPS) is 11.6. The fourth-order valence-electron chi connectivity index (χ4n) is 2.15. The summed E-state index contributed by atoms with van der Waals surface area (Å²) in [6, 6.07) is 9.43. The Morgan fingerprint density at radius 1 is 1.22 bits per heavy atom. The molecular formula is C15H12ClN3O3S. The lowest BCUT2D eigenvalue weighted by atomic mass is 10.2. The predicted octanol–water partition coefficient (Wildman–Crippen LogP) is 2.87. The molecule has 0 saturated carbocycles. The largest absolute Gasteiger partial charge is 0.322 e. The summed E-state index contributed by atoms with van der Waals surface area (Å²) in [5.41, 5.74) is 1.65. The summed E-state index contributed by atoms with van der Waals surface area (Å²) in [4.78, 5) is 12.2. The first-order valence-corrected chi connectivity index (χ1v) is 8.85.